The van der Waals surface area contributed by atoms with E-state index in [-0.39, 0.29) is 6.10 Å². The van der Waals surface area contributed by atoms with Gasteiger partial charge in [-0.15, -0.1) is 11.3 Å². The van der Waals surface area contributed by atoms with E-state index < -0.39 is 0 Å². The summed E-state index contributed by atoms with van der Waals surface area (Å²) in [5.41, 5.74) is 2.15. The number of ether oxygens (including phenoxy) is 1. The van der Waals surface area contributed by atoms with Crippen molar-refractivity contribution in [1.29, 1.82) is 0 Å². The summed E-state index contributed by atoms with van der Waals surface area (Å²) < 4.78 is 11.3. The molecule has 3 aromatic rings. The number of hydrogen-bond donors (Lipinski definition) is 0. The average molecular weight is 342 g/mol. The zero-order valence-corrected chi connectivity index (χ0v) is 14.2. The summed E-state index contributed by atoms with van der Waals surface area (Å²) in [6.07, 6.45) is 1.84. The molecule has 1 aliphatic heterocycles. The van der Waals surface area contributed by atoms with Gasteiger partial charge in [0.15, 0.2) is 0 Å². The van der Waals surface area contributed by atoms with Crippen LogP contribution in [-0.4, -0.2) is 39.7 Å². The van der Waals surface area contributed by atoms with Gasteiger partial charge >= 0.3 is 0 Å². The van der Waals surface area contributed by atoms with Gasteiger partial charge in [-0.05, 0) is 12.5 Å². The number of morpholine rings is 1. The number of aryl methyl sites for hydroxylation is 1. The monoisotopic (exact) mass is 342 g/mol. The van der Waals surface area contributed by atoms with Crippen molar-refractivity contribution in [2.24, 2.45) is 0 Å². The second-order valence-corrected chi connectivity index (χ2v) is 6.72. The lowest BCUT2D eigenvalue weighted by Gasteiger charge is -2.30. The maximum absolute atomic E-state index is 5.82. The summed E-state index contributed by atoms with van der Waals surface area (Å²) in [5, 5.41) is 7.12. The molecule has 2 aromatic heterocycles. The molecule has 24 heavy (non-hydrogen) atoms. The number of benzene rings is 1. The molecule has 1 aliphatic rings. The maximum Gasteiger partial charge on any atom is 0.241 e. The van der Waals surface area contributed by atoms with Crippen molar-refractivity contribution in [3.63, 3.8) is 0 Å². The highest BCUT2D eigenvalue weighted by Crippen LogP contribution is 2.25. The normalized spacial score (nSPS) is 18.8. The van der Waals surface area contributed by atoms with E-state index in [1.54, 1.807) is 11.3 Å². The molecule has 3 heterocycles. The number of thiazole rings is 1. The first-order chi connectivity index (χ1) is 11.8. The predicted molar refractivity (Wildman–Crippen MR) is 90.6 cm³/mol. The van der Waals surface area contributed by atoms with Crippen molar-refractivity contribution in [2.75, 3.05) is 19.7 Å². The predicted octanol–water partition coefficient (Wildman–Crippen LogP) is 3.08. The Morgan fingerprint density at radius 3 is 3.08 bits per heavy atom. The highest BCUT2D eigenvalue weighted by molar-refractivity contribution is 7.09. The summed E-state index contributed by atoms with van der Waals surface area (Å²) in [4.78, 5) is 11.2. The van der Waals surface area contributed by atoms with Gasteiger partial charge in [-0.25, -0.2) is 4.98 Å². The second-order valence-electron chi connectivity index (χ2n) is 5.79. The SMILES string of the molecule is Cc1ccccc1-c1noc(CN2CCO[C@H](c3nccs3)C2)n1. The molecule has 0 spiro atoms. The fraction of sp³-hybridized carbons (Fsp3) is 0.353. The molecule has 0 unspecified atom stereocenters. The molecule has 0 N–H and O–H groups in total. The van der Waals surface area contributed by atoms with E-state index in [0.717, 1.165) is 29.2 Å². The third-order valence-corrected chi connectivity index (χ3v) is 4.96. The number of rotatable bonds is 4. The van der Waals surface area contributed by atoms with Crippen LogP contribution >= 0.6 is 11.3 Å². The Morgan fingerprint density at radius 1 is 1.33 bits per heavy atom. The fourth-order valence-corrected chi connectivity index (χ4v) is 3.51. The smallest absolute Gasteiger partial charge is 0.241 e. The molecule has 124 valence electrons. The Hall–Kier alpha value is -2.09. The molecule has 0 radical (unpaired) electrons. The fourth-order valence-electron chi connectivity index (χ4n) is 2.83. The van der Waals surface area contributed by atoms with Gasteiger partial charge in [0, 0.05) is 30.2 Å². The topological polar surface area (TPSA) is 64.3 Å². The van der Waals surface area contributed by atoms with Crippen LogP contribution in [0.4, 0.5) is 0 Å². The van der Waals surface area contributed by atoms with E-state index in [9.17, 15) is 0 Å². The van der Waals surface area contributed by atoms with Crippen molar-refractivity contribution in [2.45, 2.75) is 19.6 Å². The number of aromatic nitrogens is 3. The Bertz CT molecular complexity index is 803. The first-order valence-corrected chi connectivity index (χ1v) is 8.79. The minimum atomic E-state index is 0.0255. The lowest BCUT2D eigenvalue weighted by molar-refractivity contribution is -0.0356. The third-order valence-electron chi connectivity index (χ3n) is 4.09. The van der Waals surface area contributed by atoms with Gasteiger partial charge in [0.1, 0.15) is 11.1 Å². The summed E-state index contributed by atoms with van der Waals surface area (Å²) in [5.74, 6) is 1.28. The van der Waals surface area contributed by atoms with Crippen LogP contribution in [-0.2, 0) is 11.3 Å². The molecule has 1 fully saturated rings. The number of nitrogens with zero attached hydrogens (tertiary/aromatic N) is 4. The van der Waals surface area contributed by atoms with Gasteiger partial charge in [0.2, 0.25) is 11.7 Å². The van der Waals surface area contributed by atoms with E-state index in [1.807, 2.05) is 42.8 Å². The zero-order valence-electron chi connectivity index (χ0n) is 13.4. The molecule has 1 saturated heterocycles. The highest BCUT2D eigenvalue weighted by atomic mass is 32.1. The first-order valence-electron chi connectivity index (χ1n) is 7.91. The molecule has 0 bridgehead atoms. The molecule has 0 aliphatic carbocycles. The minimum Gasteiger partial charge on any atom is -0.368 e. The molecule has 7 heteroatoms. The lowest BCUT2D eigenvalue weighted by atomic mass is 10.1. The van der Waals surface area contributed by atoms with E-state index in [4.69, 9.17) is 9.26 Å². The van der Waals surface area contributed by atoms with Gasteiger partial charge < -0.3 is 9.26 Å². The van der Waals surface area contributed by atoms with E-state index in [0.29, 0.717) is 24.9 Å². The van der Waals surface area contributed by atoms with Gasteiger partial charge in [-0.1, -0.05) is 29.4 Å². The molecule has 4 rings (SSSR count). The van der Waals surface area contributed by atoms with Crippen LogP contribution in [0.25, 0.3) is 11.4 Å². The Morgan fingerprint density at radius 2 is 2.25 bits per heavy atom. The molecule has 0 amide bonds. The summed E-state index contributed by atoms with van der Waals surface area (Å²) in [6.45, 7) is 5.00. The van der Waals surface area contributed by atoms with Crippen molar-refractivity contribution in [1.82, 2.24) is 20.0 Å². The Kier molecular flexibility index (Phi) is 4.38. The number of hydrogen-bond acceptors (Lipinski definition) is 7. The van der Waals surface area contributed by atoms with Crippen LogP contribution in [0.5, 0.6) is 0 Å². The van der Waals surface area contributed by atoms with Gasteiger partial charge in [-0.3, -0.25) is 4.90 Å². The van der Waals surface area contributed by atoms with E-state index in [1.165, 1.54) is 0 Å². The van der Waals surface area contributed by atoms with Crippen molar-refractivity contribution in [3.8, 4) is 11.4 Å². The van der Waals surface area contributed by atoms with Crippen molar-refractivity contribution >= 4 is 11.3 Å². The van der Waals surface area contributed by atoms with Crippen LogP contribution in [0.2, 0.25) is 0 Å². The van der Waals surface area contributed by atoms with Crippen LogP contribution in [0.1, 0.15) is 22.6 Å². The molecule has 0 saturated carbocycles. The molecule has 1 aromatic carbocycles. The highest BCUT2D eigenvalue weighted by Gasteiger charge is 2.25. The Balaban J connectivity index is 1.45. The van der Waals surface area contributed by atoms with Gasteiger partial charge in [0.25, 0.3) is 0 Å². The zero-order chi connectivity index (χ0) is 16.4. The summed E-state index contributed by atoms with van der Waals surface area (Å²) in [7, 11) is 0. The van der Waals surface area contributed by atoms with E-state index >= 15 is 0 Å². The van der Waals surface area contributed by atoms with Crippen molar-refractivity contribution < 1.29 is 9.26 Å². The van der Waals surface area contributed by atoms with Gasteiger partial charge in [-0.2, -0.15) is 4.98 Å². The molecular formula is C17H18N4O2S. The quantitative estimate of drug-likeness (QED) is 0.726. The van der Waals surface area contributed by atoms with Crippen molar-refractivity contribution in [3.05, 3.63) is 52.3 Å². The Labute approximate surface area is 144 Å². The first kappa shape index (κ1) is 15.4. The van der Waals surface area contributed by atoms with Crippen LogP contribution in [0.15, 0.2) is 40.4 Å². The standard InChI is InChI=1S/C17H18N4O2S/c1-12-4-2-3-5-13(12)16-19-15(23-20-16)11-21-7-8-22-14(10-21)17-18-6-9-24-17/h2-6,9,14H,7-8,10-11H2,1H3/t14-/m0/s1. The van der Waals surface area contributed by atoms with Crippen LogP contribution in [0.3, 0.4) is 0 Å². The largest absolute Gasteiger partial charge is 0.368 e. The third kappa shape index (κ3) is 3.24. The maximum atomic E-state index is 5.82. The summed E-state index contributed by atoms with van der Waals surface area (Å²) in [6, 6.07) is 8.05. The molecule has 1 atom stereocenters. The van der Waals surface area contributed by atoms with Crippen LogP contribution in [0, 0.1) is 6.92 Å². The molecule has 6 nitrogen and oxygen atoms in total. The molecular weight excluding hydrogens is 324 g/mol. The minimum absolute atomic E-state index is 0.0255. The lowest BCUT2D eigenvalue weighted by Crippen LogP contribution is -2.37. The van der Waals surface area contributed by atoms with Gasteiger partial charge in [0.05, 0.1) is 13.2 Å². The summed E-state index contributed by atoms with van der Waals surface area (Å²) >= 11 is 1.63. The van der Waals surface area contributed by atoms with Crippen LogP contribution < -0.4 is 0 Å². The second kappa shape index (κ2) is 6.80. The van der Waals surface area contributed by atoms with E-state index in [2.05, 4.69) is 20.0 Å². The average Bonchev–Trinajstić information content (AvgIpc) is 3.27.